The van der Waals surface area contributed by atoms with Crippen LogP contribution in [0.25, 0.3) is 0 Å². The molecule has 0 aliphatic carbocycles. The fraction of sp³-hybridized carbons (Fsp3) is 0. The maximum absolute atomic E-state index is 13.6. The largest absolute Gasteiger partial charge is 0.300 e. The van der Waals surface area contributed by atoms with Crippen LogP contribution in [-0.2, 0) is 0 Å². The Balaban J connectivity index is 2.40. The lowest BCUT2D eigenvalue weighted by Gasteiger charge is -2.06. The monoisotopic (exact) mass is 227 g/mol. The summed E-state index contributed by atoms with van der Waals surface area (Å²) in [7, 11) is 5.43. The maximum Gasteiger partial charge on any atom is 0.132 e. The molecule has 2 aromatic rings. The molecule has 0 saturated carbocycles. The Kier molecular flexibility index (Phi) is 3.05. The molecule has 2 aromatic carbocycles. The molecule has 1 N–H and O–H groups in total. The Morgan fingerprint density at radius 3 is 2.24 bits per heavy atom. The fourth-order valence-corrected chi connectivity index (χ4v) is 1.51. The summed E-state index contributed by atoms with van der Waals surface area (Å²) in [5.41, 5.74) is 0.904. The van der Waals surface area contributed by atoms with E-state index in [0.717, 1.165) is 6.07 Å². The summed E-state index contributed by atoms with van der Waals surface area (Å²) in [5.74, 6) is -0.946. The molecule has 0 saturated heterocycles. The van der Waals surface area contributed by atoms with Crippen molar-refractivity contribution in [3.63, 3.8) is 0 Å². The van der Waals surface area contributed by atoms with Crippen molar-refractivity contribution in [2.75, 3.05) is 0 Å². The first-order chi connectivity index (χ1) is 8.08. The average molecular weight is 227 g/mol. The standard InChI is InChI=1S/C13H8BF2N/c14-9-3-6-11(12(16)7-9)13(17)8-1-4-10(15)5-2-8/h1-7,17H. The number of hydrogen-bond acceptors (Lipinski definition) is 1. The van der Waals surface area contributed by atoms with Gasteiger partial charge in [-0.25, -0.2) is 8.78 Å². The molecule has 0 atom stereocenters. The summed E-state index contributed by atoms with van der Waals surface area (Å²) in [6, 6.07) is 9.47. The second kappa shape index (κ2) is 4.49. The number of hydrogen-bond donors (Lipinski definition) is 1. The Bertz CT molecular complexity index is 564. The van der Waals surface area contributed by atoms with Gasteiger partial charge in [-0.15, -0.1) is 0 Å². The highest BCUT2D eigenvalue weighted by Crippen LogP contribution is 2.13. The van der Waals surface area contributed by atoms with Crippen molar-refractivity contribution in [1.29, 1.82) is 5.41 Å². The molecule has 17 heavy (non-hydrogen) atoms. The lowest BCUT2D eigenvalue weighted by molar-refractivity contribution is 0.626. The Labute approximate surface area is 99.0 Å². The molecular weight excluding hydrogens is 219 g/mol. The SMILES string of the molecule is [B]c1ccc(C(=N)c2ccc(F)cc2)c(F)c1. The number of rotatable bonds is 2. The molecule has 2 rings (SSSR count). The van der Waals surface area contributed by atoms with Gasteiger partial charge >= 0.3 is 0 Å². The Morgan fingerprint density at radius 1 is 1.00 bits per heavy atom. The van der Waals surface area contributed by atoms with E-state index in [2.05, 4.69) is 0 Å². The van der Waals surface area contributed by atoms with Crippen molar-refractivity contribution in [2.45, 2.75) is 0 Å². The van der Waals surface area contributed by atoms with E-state index in [0.29, 0.717) is 11.0 Å². The van der Waals surface area contributed by atoms with E-state index >= 15 is 0 Å². The van der Waals surface area contributed by atoms with Gasteiger partial charge in [0.25, 0.3) is 0 Å². The Hall–Kier alpha value is -1.97. The normalized spacial score (nSPS) is 10.2. The predicted molar refractivity (Wildman–Crippen MR) is 64.1 cm³/mol. The van der Waals surface area contributed by atoms with Crippen LogP contribution in [0.4, 0.5) is 8.78 Å². The lowest BCUT2D eigenvalue weighted by atomic mass is 9.92. The van der Waals surface area contributed by atoms with Crippen LogP contribution < -0.4 is 5.46 Å². The summed E-state index contributed by atoms with van der Waals surface area (Å²) in [4.78, 5) is 0. The van der Waals surface area contributed by atoms with Crippen molar-refractivity contribution in [2.24, 2.45) is 0 Å². The molecule has 0 bridgehead atoms. The third-order valence-corrected chi connectivity index (χ3v) is 2.40. The summed E-state index contributed by atoms with van der Waals surface area (Å²) >= 11 is 0. The minimum atomic E-state index is -0.556. The molecule has 0 spiro atoms. The second-order valence-corrected chi connectivity index (χ2v) is 3.62. The zero-order valence-electron chi connectivity index (χ0n) is 8.87. The minimum absolute atomic E-state index is 0.00231. The fourth-order valence-electron chi connectivity index (χ4n) is 1.51. The van der Waals surface area contributed by atoms with Crippen molar-refractivity contribution in [3.8, 4) is 0 Å². The third-order valence-electron chi connectivity index (χ3n) is 2.40. The van der Waals surface area contributed by atoms with E-state index < -0.39 is 5.82 Å². The number of benzene rings is 2. The lowest BCUT2D eigenvalue weighted by Crippen LogP contribution is -2.09. The molecule has 0 fully saturated rings. The van der Waals surface area contributed by atoms with Gasteiger partial charge in [0.1, 0.15) is 19.5 Å². The second-order valence-electron chi connectivity index (χ2n) is 3.62. The van der Waals surface area contributed by atoms with Crippen LogP contribution in [0.1, 0.15) is 11.1 Å². The van der Waals surface area contributed by atoms with E-state index in [1.165, 1.54) is 36.4 Å². The summed E-state index contributed by atoms with van der Waals surface area (Å²) in [5, 5.41) is 7.85. The molecule has 0 aliphatic heterocycles. The first kappa shape index (κ1) is 11.5. The molecule has 0 aromatic heterocycles. The molecule has 2 radical (unpaired) electrons. The summed E-state index contributed by atoms with van der Waals surface area (Å²) < 4.78 is 26.3. The van der Waals surface area contributed by atoms with Gasteiger partial charge in [0.05, 0.1) is 5.71 Å². The highest BCUT2D eigenvalue weighted by Gasteiger charge is 2.10. The van der Waals surface area contributed by atoms with Crippen molar-refractivity contribution in [3.05, 3.63) is 65.2 Å². The zero-order valence-corrected chi connectivity index (χ0v) is 8.87. The van der Waals surface area contributed by atoms with Crippen molar-refractivity contribution < 1.29 is 8.78 Å². The molecule has 0 heterocycles. The van der Waals surface area contributed by atoms with Crippen LogP contribution in [0.2, 0.25) is 0 Å². The molecule has 1 nitrogen and oxygen atoms in total. The molecule has 0 aliphatic rings. The average Bonchev–Trinajstić information content (AvgIpc) is 2.29. The van der Waals surface area contributed by atoms with Crippen LogP contribution in [0.3, 0.4) is 0 Å². The van der Waals surface area contributed by atoms with E-state index in [-0.39, 0.29) is 17.1 Å². The smallest absolute Gasteiger partial charge is 0.132 e. The van der Waals surface area contributed by atoms with Crippen LogP contribution >= 0.6 is 0 Å². The van der Waals surface area contributed by atoms with Gasteiger partial charge in [-0.1, -0.05) is 17.6 Å². The maximum atomic E-state index is 13.6. The van der Waals surface area contributed by atoms with Crippen LogP contribution in [0.5, 0.6) is 0 Å². The molecule has 4 heteroatoms. The van der Waals surface area contributed by atoms with Crippen LogP contribution in [0, 0.1) is 17.0 Å². The number of nitrogens with one attached hydrogen (secondary N) is 1. The van der Waals surface area contributed by atoms with Crippen LogP contribution in [0.15, 0.2) is 42.5 Å². The van der Waals surface area contributed by atoms with E-state index in [1.807, 2.05) is 0 Å². The highest BCUT2D eigenvalue weighted by molar-refractivity contribution is 6.32. The first-order valence-corrected chi connectivity index (χ1v) is 4.98. The molecule has 82 valence electrons. The van der Waals surface area contributed by atoms with E-state index in [9.17, 15) is 8.78 Å². The van der Waals surface area contributed by atoms with Gasteiger partial charge in [0.15, 0.2) is 0 Å². The molecular formula is C13H8BF2N. The minimum Gasteiger partial charge on any atom is -0.300 e. The van der Waals surface area contributed by atoms with E-state index in [1.54, 1.807) is 0 Å². The first-order valence-electron chi connectivity index (χ1n) is 4.98. The topological polar surface area (TPSA) is 23.9 Å². The molecule has 0 unspecified atom stereocenters. The van der Waals surface area contributed by atoms with Gasteiger partial charge in [-0.05, 0) is 30.3 Å². The summed E-state index contributed by atoms with van der Waals surface area (Å²) in [6.45, 7) is 0. The predicted octanol–water partition coefficient (Wildman–Crippen LogP) is 2.17. The number of halogens is 2. The van der Waals surface area contributed by atoms with Gasteiger partial charge < -0.3 is 0 Å². The van der Waals surface area contributed by atoms with Crippen molar-refractivity contribution >= 4 is 19.0 Å². The highest BCUT2D eigenvalue weighted by atomic mass is 19.1. The van der Waals surface area contributed by atoms with Gasteiger partial charge in [0.2, 0.25) is 0 Å². The third kappa shape index (κ3) is 2.41. The van der Waals surface area contributed by atoms with Crippen LogP contribution in [-0.4, -0.2) is 13.6 Å². The quantitative estimate of drug-likeness (QED) is 0.600. The van der Waals surface area contributed by atoms with E-state index in [4.69, 9.17) is 13.3 Å². The summed E-state index contributed by atoms with van der Waals surface area (Å²) in [6.07, 6.45) is 0. The van der Waals surface area contributed by atoms with Crippen molar-refractivity contribution in [1.82, 2.24) is 0 Å². The van der Waals surface area contributed by atoms with Gasteiger partial charge in [-0.2, -0.15) is 0 Å². The Morgan fingerprint density at radius 2 is 1.65 bits per heavy atom. The zero-order chi connectivity index (χ0) is 12.4. The molecule has 0 amide bonds. The van der Waals surface area contributed by atoms with Gasteiger partial charge in [0, 0.05) is 11.1 Å². The van der Waals surface area contributed by atoms with Gasteiger partial charge in [-0.3, -0.25) is 5.41 Å².